The molecule has 0 bridgehead atoms. The molecular formula is C30H32F3N5O5. The van der Waals surface area contributed by atoms with Gasteiger partial charge < -0.3 is 30.3 Å². The Morgan fingerprint density at radius 3 is 2.37 bits per heavy atom. The van der Waals surface area contributed by atoms with Crippen LogP contribution >= 0.6 is 0 Å². The van der Waals surface area contributed by atoms with Gasteiger partial charge in [0.25, 0.3) is 11.8 Å². The van der Waals surface area contributed by atoms with E-state index in [1.165, 1.54) is 47.4 Å². The average molecular weight is 600 g/mol. The molecule has 2 aromatic carbocycles. The van der Waals surface area contributed by atoms with Crippen molar-refractivity contribution >= 4 is 29.2 Å². The Morgan fingerprint density at radius 1 is 1.09 bits per heavy atom. The van der Waals surface area contributed by atoms with E-state index in [4.69, 9.17) is 4.74 Å². The van der Waals surface area contributed by atoms with Crippen LogP contribution in [0.1, 0.15) is 40.1 Å². The standard InChI is InChI=1S/C30H32F3N5O5/c1-18-15-38(19(2)17-39)28(41)24-14-23(35-27(40)20-10-12-34-13-11-20)8-9-25(24)43-26(18)16-37(3)29(42)36-22-6-4-21(5-7-22)30(31,32)33/h4-14,18-19,26,39H,15-17H2,1-3H3,(H,35,40)(H,36,42)/t18-,19+,26-/m0/s1. The second kappa shape index (κ2) is 13.1. The normalized spacial score (nSPS) is 17.6. The zero-order chi connectivity index (χ0) is 31.3. The van der Waals surface area contributed by atoms with Crippen molar-refractivity contribution < 1.29 is 37.4 Å². The van der Waals surface area contributed by atoms with E-state index in [9.17, 15) is 32.7 Å². The van der Waals surface area contributed by atoms with E-state index in [2.05, 4.69) is 15.6 Å². The Bertz CT molecular complexity index is 1450. The largest absolute Gasteiger partial charge is 0.487 e. The molecule has 2 heterocycles. The van der Waals surface area contributed by atoms with Crippen LogP contribution in [0.4, 0.5) is 29.3 Å². The summed E-state index contributed by atoms with van der Waals surface area (Å²) < 4.78 is 44.9. The summed E-state index contributed by atoms with van der Waals surface area (Å²) in [5, 5.41) is 15.2. The van der Waals surface area contributed by atoms with Crippen LogP contribution in [0.3, 0.4) is 0 Å². The minimum Gasteiger partial charge on any atom is -0.487 e. The molecule has 0 saturated carbocycles. The van der Waals surface area contributed by atoms with Gasteiger partial charge in [0.05, 0.1) is 30.3 Å². The number of pyridine rings is 1. The molecule has 0 radical (unpaired) electrons. The first-order valence-corrected chi connectivity index (χ1v) is 13.5. The van der Waals surface area contributed by atoms with Crippen molar-refractivity contribution in [3.05, 3.63) is 83.7 Å². The zero-order valence-electron chi connectivity index (χ0n) is 23.8. The van der Waals surface area contributed by atoms with Crippen LogP contribution in [0.5, 0.6) is 5.75 Å². The van der Waals surface area contributed by atoms with Crippen LogP contribution in [0.25, 0.3) is 0 Å². The molecule has 228 valence electrons. The third kappa shape index (κ3) is 7.60. The molecule has 0 unspecified atom stereocenters. The molecule has 1 aliphatic rings. The number of ether oxygens (including phenoxy) is 1. The first kappa shape index (κ1) is 31.3. The third-order valence-corrected chi connectivity index (χ3v) is 7.13. The maximum absolute atomic E-state index is 13.6. The molecule has 0 aliphatic carbocycles. The summed E-state index contributed by atoms with van der Waals surface area (Å²) >= 11 is 0. The van der Waals surface area contributed by atoms with Gasteiger partial charge in [-0.2, -0.15) is 13.2 Å². The fourth-order valence-corrected chi connectivity index (χ4v) is 4.54. The average Bonchev–Trinajstić information content (AvgIpc) is 2.99. The van der Waals surface area contributed by atoms with Crippen LogP contribution in [0, 0.1) is 5.92 Å². The minimum atomic E-state index is -4.49. The number of alkyl halides is 3. The number of aliphatic hydroxyl groups is 1. The van der Waals surface area contributed by atoms with Crippen molar-refractivity contribution in [2.24, 2.45) is 5.92 Å². The van der Waals surface area contributed by atoms with E-state index in [1.807, 2.05) is 6.92 Å². The van der Waals surface area contributed by atoms with Crippen LogP contribution in [-0.2, 0) is 6.18 Å². The lowest BCUT2D eigenvalue weighted by molar-refractivity contribution is -0.137. The number of aliphatic hydroxyl groups excluding tert-OH is 1. The number of amides is 4. The topological polar surface area (TPSA) is 124 Å². The number of hydrogen-bond donors (Lipinski definition) is 3. The number of halogens is 3. The molecular weight excluding hydrogens is 567 g/mol. The van der Waals surface area contributed by atoms with Gasteiger partial charge in [-0.3, -0.25) is 14.6 Å². The number of fused-ring (bicyclic) bond motifs is 1. The quantitative estimate of drug-likeness (QED) is 0.361. The number of anilines is 2. The molecule has 13 heteroatoms. The van der Waals surface area contributed by atoms with E-state index in [0.717, 1.165) is 12.1 Å². The zero-order valence-corrected chi connectivity index (χ0v) is 23.8. The molecule has 4 rings (SSSR count). The van der Waals surface area contributed by atoms with Gasteiger partial charge in [0.1, 0.15) is 11.9 Å². The second-order valence-electron chi connectivity index (χ2n) is 10.4. The summed E-state index contributed by atoms with van der Waals surface area (Å²) in [6.07, 6.45) is -2.12. The van der Waals surface area contributed by atoms with E-state index < -0.39 is 41.7 Å². The maximum atomic E-state index is 13.6. The van der Waals surface area contributed by atoms with Crippen LogP contribution < -0.4 is 15.4 Å². The van der Waals surface area contributed by atoms with E-state index in [-0.39, 0.29) is 42.6 Å². The number of carbonyl (C=O) groups is 3. The molecule has 1 aliphatic heterocycles. The number of nitrogens with zero attached hydrogens (tertiary/aromatic N) is 3. The fourth-order valence-electron chi connectivity index (χ4n) is 4.54. The van der Waals surface area contributed by atoms with E-state index in [1.54, 1.807) is 31.2 Å². The Kier molecular flexibility index (Phi) is 9.54. The first-order valence-electron chi connectivity index (χ1n) is 13.5. The number of likely N-dealkylation sites (N-methyl/N-ethyl adjacent to an activating group) is 1. The molecule has 10 nitrogen and oxygen atoms in total. The number of benzene rings is 2. The Balaban J connectivity index is 1.55. The van der Waals surface area contributed by atoms with Crippen molar-refractivity contribution in [1.82, 2.24) is 14.8 Å². The molecule has 1 aromatic heterocycles. The summed E-state index contributed by atoms with van der Waals surface area (Å²) in [6.45, 7) is 3.55. The highest BCUT2D eigenvalue weighted by Crippen LogP contribution is 2.32. The Morgan fingerprint density at radius 2 is 1.74 bits per heavy atom. The minimum absolute atomic E-state index is 0.0726. The van der Waals surface area contributed by atoms with Gasteiger partial charge in [-0.25, -0.2) is 4.79 Å². The smallest absolute Gasteiger partial charge is 0.416 e. The van der Waals surface area contributed by atoms with E-state index >= 15 is 0 Å². The lowest BCUT2D eigenvalue weighted by atomic mass is 9.99. The van der Waals surface area contributed by atoms with Crippen molar-refractivity contribution in [3.8, 4) is 5.75 Å². The molecule has 0 fully saturated rings. The van der Waals surface area contributed by atoms with Crippen LogP contribution in [0.15, 0.2) is 67.0 Å². The van der Waals surface area contributed by atoms with Crippen molar-refractivity contribution in [1.29, 1.82) is 0 Å². The van der Waals surface area contributed by atoms with Gasteiger partial charge >= 0.3 is 12.2 Å². The van der Waals surface area contributed by atoms with Crippen LogP contribution in [0.2, 0.25) is 0 Å². The molecule has 3 N–H and O–H groups in total. The summed E-state index contributed by atoms with van der Waals surface area (Å²) in [4.78, 5) is 46.0. The number of hydrogen-bond acceptors (Lipinski definition) is 6. The molecule has 3 aromatic rings. The molecule has 4 amide bonds. The SMILES string of the molecule is C[C@H](CO)N1C[C@H](C)[C@H](CN(C)C(=O)Nc2ccc(C(F)(F)F)cc2)Oc2ccc(NC(=O)c3ccncc3)cc2C1=O. The number of aromatic nitrogens is 1. The first-order chi connectivity index (χ1) is 20.4. The molecule has 0 spiro atoms. The monoisotopic (exact) mass is 599 g/mol. The highest BCUT2D eigenvalue weighted by Gasteiger charge is 2.34. The maximum Gasteiger partial charge on any atom is 0.416 e. The fraction of sp³-hybridized carbons (Fsp3) is 0.333. The molecule has 43 heavy (non-hydrogen) atoms. The van der Waals surface area contributed by atoms with Gasteiger partial charge in [0.2, 0.25) is 0 Å². The van der Waals surface area contributed by atoms with E-state index in [0.29, 0.717) is 11.3 Å². The molecule has 0 saturated heterocycles. The van der Waals surface area contributed by atoms with Crippen molar-refractivity contribution in [3.63, 3.8) is 0 Å². The number of urea groups is 1. The number of nitrogens with one attached hydrogen (secondary N) is 2. The Hall–Kier alpha value is -4.65. The summed E-state index contributed by atoms with van der Waals surface area (Å²) in [7, 11) is 1.52. The van der Waals surface area contributed by atoms with Gasteiger partial charge in [-0.05, 0) is 61.5 Å². The van der Waals surface area contributed by atoms with Crippen molar-refractivity contribution in [2.75, 3.05) is 37.4 Å². The highest BCUT2D eigenvalue weighted by molar-refractivity contribution is 6.05. The second-order valence-corrected chi connectivity index (χ2v) is 10.4. The highest BCUT2D eigenvalue weighted by atomic mass is 19.4. The lowest BCUT2D eigenvalue weighted by Crippen LogP contribution is -2.50. The predicted molar refractivity (Wildman–Crippen MR) is 153 cm³/mol. The van der Waals surface area contributed by atoms with Crippen molar-refractivity contribution in [2.45, 2.75) is 32.2 Å². The van der Waals surface area contributed by atoms with Gasteiger partial charge in [0, 0.05) is 48.8 Å². The number of rotatable bonds is 7. The predicted octanol–water partition coefficient (Wildman–Crippen LogP) is 4.74. The summed E-state index contributed by atoms with van der Waals surface area (Å²) in [5.41, 5.74) is 0.266. The number of carbonyl (C=O) groups excluding carboxylic acids is 3. The summed E-state index contributed by atoms with van der Waals surface area (Å²) in [6, 6.07) is 10.8. The lowest BCUT2D eigenvalue weighted by Gasteiger charge is -2.38. The van der Waals surface area contributed by atoms with Gasteiger partial charge in [-0.1, -0.05) is 6.92 Å². The van der Waals surface area contributed by atoms with Gasteiger partial charge in [-0.15, -0.1) is 0 Å². The third-order valence-electron chi connectivity index (χ3n) is 7.13. The Labute approximate surface area is 246 Å². The summed E-state index contributed by atoms with van der Waals surface area (Å²) in [5.74, 6) is -0.849. The molecule has 3 atom stereocenters. The van der Waals surface area contributed by atoms with Gasteiger partial charge in [0.15, 0.2) is 0 Å². The van der Waals surface area contributed by atoms with Crippen LogP contribution in [-0.4, -0.2) is 76.6 Å².